The van der Waals surface area contributed by atoms with Gasteiger partial charge in [0, 0.05) is 4.91 Å². The Kier molecular flexibility index (Phi) is 8.13. The first-order valence-electron chi connectivity index (χ1n) is 10.0. The van der Waals surface area contributed by atoms with Crippen molar-refractivity contribution < 1.29 is 8.85 Å². The maximum Gasteiger partial charge on any atom is 0.192 e. The van der Waals surface area contributed by atoms with Crippen LogP contribution in [0.15, 0.2) is 35.4 Å². The molecule has 0 fully saturated rings. The second-order valence-electron chi connectivity index (χ2n) is 10.5. The molecule has 0 aliphatic heterocycles. The van der Waals surface area contributed by atoms with Gasteiger partial charge in [-0.3, -0.25) is 0 Å². The summed E-state index contributed by atoms with van der Waals surface area (Å²) in [5.41, 5.74) is 10.2. The molecule has 158 valence electrons. The van der Waals surface area contributed by atoms with Crippen molar-refractivity contribution >= 4 is 16.6 Å². The Morgan fingerprint density at radius 1 is 0.929 bits per heavy atom. The zero-order valence-electron chi connectivity index (χ0n) is 19.4. The number of hydrogen-bond donors (Lipinski definition) is 0. The van der Waals surface area contributed by atoms with Gasteiger partial charge in [-0.25, -0.2) is 0 Å². The van der Waals surface area contributed by atoms with E-state index in [4.69, 9.17) is 8.85 Å². The van der Waals surface area contributed by atoms with Gasteiger partial charge in [-0.1, -0.05) is 77.0 Å². The molecule has 2 atom stereocenters. The fourth-order valence-electron chi connectivity index (χ4n) is 2.31. The highest BCUT2D eigenvalue weighted by Gasteiger charge is 2.43. The fourth-order valence-corrected chi connectivity index (χ4v) is 4.63. The van der Waals surface area contributed by atoms with Gasteiger partial charge in [-0.05, 0) is 47.4 Å². The van der Waals surface area contributed by atoms with E-state index in [0.717, 1.165) is 5.56 Å². The summed E-state index contributed by atoms with van der Waals surface area (Å²) in [6.45, 7) is 22.7. The zero-order chi connectivity index (χ0) is 21.8. The lowest BCUT2D eigenvalue weighted by Crippen LogP contribution is -2.49. The largest absolute Gasteiger partial charge is 0.414 e. The van der Waals surface area contributed by atoms with Crippen LogP contribution in [0.4, 0.5) is 0 Å². The van der Waals surface area contributed by atoms with E-state index in [1.165, 1.54) is 0 Å². The molecule has 0 amide bonds. The molecule has 0 saturated heterocycles. The number of rotatable bonds is 8. The van der Waals surface area contributed by atoms with Crippen LogP contribution in [0.5, 0.6) is 0 Å². The van der Waals surface area contributed by atoms with Crippen LogP contribution in [0.1, 0.15) is 53.1 Å². The molecule has 0 bridgehead atoms. The fraction of sp³-hybridized carbons (Fsp3) is 0.714. The van der Waals surface area contributed by atoms with E-state index in [0.29, 0.717) is 6.61 Å². The first-order valence-corrected chi connectivity index (χ1v) is 15.8. The maximum atomic E-state index is 9.24. The van der Waals surface area contributed by atoms with Crippen molar-refractivity contribution in [2.24, 2.45) is 5.11 Å². The molecule has 28 heavy (non-hydrogen) atoms. The molecular formula is C21H39N3O2Si2. The van der Waals surface area contributed by atoms with E-state index in [-0.39, 0.29) is 16.2 Å². The van der Waals surface area contributed by atoms with E-state index in [1.807, 2.05) is 30.3 Å². The van der Waals surface area contributed by atoms with Gasteiger partial charge in [0.05, 0.1) is 18.8 Å². The molecule has 0 aliphatic rings. The number of nitrogens with zero attached hydrogens (tertiary/aromatic N) is 3. The van der Waals surface area contributed by atoms with Crippen LogP contribution in [0, 0.1) is 0 Å². The molecule has 0 N–H and O–H groups in total. The van der Waals surface area contributed by atoms with Gasteiger partial charge in [-0.15, -0.1) is 0 Å². The minimum absolute atomic E-state index is 0.0554. The van der Waals surface area contributed by atoms with Gasteiger partial charge in [-0.2, -0.15) is 0 Å². The molecule has 0 spiro atoms. The molecule has 0 radical (unpaired) electrons. The third-order valence-electron chi connectivity index (χ3n) is 6.34. The van der Waals surface area contributed by atoms with Crippen LogP contribution in [-0.2, 0) is 8.85 Å². The summed E-state index contributed by atoms with van der Waals surface area (Å²) in [5.74, 6) is 0. The topological polar surface area (TPSA) is 67.2 Å². The van der Waals surface area contributed by atoms with Crippen molar-refractivity contribution in [1.82, 2.24) is 0 Å². The van der Waals surface area contributed by atoms with Gasteiger partial charge in [0.1, 0.15) is 0 Å². The molecule has 0 saturated carbocycles. The predicted molar refractivity (Wildman–Crippen MR) is 124 cm³/mol. The molecule has 7 heteroatoms. The Balaban J connectivity index is 3.28. The van der Waals surface area contributed by atoms with E-state index in [2.05, 4.69) is 77.8 Å². The minimum Gasteiger partial charge on any atom is -0.414 e. The van der Waals surface area contributed by atoms with Gasteiger partial charge >= 0.3 is 0 Å². The quantitative estimate of drug-likeness (QED) is 0.189. The summed E-state index contributed by atoms with van der Waals surface area (Å²) < 4.78 is 13.3. The van der Waals surface area contributed by atoms with Crippen molar-refractivity contribution in [3.8, 4) is 0 Å². The average molecular weight is 422 g/mol. The van der Waals surface area contributed by atoms with E-state index < -0.39 is 22.7 Å². The van der Waals surface area contributed by atoms with Crippen LogP contribution in [0.3, 0.4) is 0 Å². The lowest BCUT2D eigenvalue weighted by molar-refractivity contribution is 0.0867. The summed E-state index contributed by atoms with van der Waals surface area (Å²) >= 11 is 0. The molecule has 1 aromatic carbocycles. The van der Waals surface area contributed by atoms with Crippen molar-refractivity contribution in [3.05, 3.63) is 46.3 Å². The Morgan fingerprint density at radius 2 is 1.43 bits per heavy atom. The van der Waals surface area contributed by atoms with Crippen molar-refractivity contribution in [2.75, 3.05) is 6.61 Å². The number of benzene rings is 1. The SMILES string of the molecule is CC(C)(C)[Si](C)(C)OC[C@H](O[Si](C)(C)C(C)(C)C)[C@@H](N=[N+]=[N-])c1ccccc1. The van der Waals surface area contributed by atoms with Crippen LogP contribution in [0.25, 0.3) is 10.4 Å². The Bertz CT molecular complexity index is 673. The standard InChI is InChI=1S/C21H39N3O2Si2/c1-20(2,3)27(7,8)25-16-18(26-28(9,10)21(4,5)6)19(23-24-22)17-14-12-11-13-15-17/h11-15,18-19H,16H2,1-10H3/t18-,19-/m0/s1. The first-order chi connectivity index (χ1) is 12.6. The Morgan fingerprint density at radius 3 is 1.86 bits per heavy atom. The second kappa shape index (κ2) is 9.14. The summed E-state index contributed by atoms with van der Waals surface area (Å²) in [4.78, 5) is 3.13. The highest BCUT2D eigenvalue weighted by Crippen LogP contribution is 2.41. The van der Waals surface area contributed by atoms with Crippen LogP contribution in [0.2, 0.25) is 36.3 Å². The van der Waals surface area contributed by atoms with Gasteiger partial charge in [0.15, 0.2) is 16.6 Å². The minimum atomic E-state index is -2.08. The van der Waals surface area contributed by atoms with Crippen molar-refractivity contribution in [2.45, 2.75) is 90.0 Å². The highest BCUT2D eigenvalue weighted by atomic mass is 28.4. The molecule has 0 aromatic heterocycles. The summed E-state index contributed by atoms with van der Waals surface area (Å²) in [6.07, 6.45) is -0.312. The van der Waals surface area contributed by atoms with E-state index in [1.54, 1.807) is 0 Å². The monoisotopic (exact) mass is 421 g/mol. The molecule has 0 unspecified atom stereocenters. The summed E-state index contributed by atoms with van der Waals surface area (Å²) in [5, 5.41) is 4.30. The molecule has 0 aliphatic carbocycles. The predicted octanol–water partition coefficient (Wildman–Crippen LogP) is 7.45. The average Bonchev–Trinajstić information content (AvgIpc) is 2.55. The second-order valence-corrected chi connectivity index (χ2v) is 20.1. The third-order valence-corrected chi connectivity index (χ3v) is 15.3. The molecular weight excluding hydrogens is 382 g/mol. The van der Waals surface area contributed by atoms with Crippen LogP contribution >= 0.6 is 0 Å². The van der Waals surface area contributed by atoms with E-state index >= 15 is 0 Å². The molecule has 5 nitrogen and oxygen atoms in total. The van der Waals surface area contributed by atoms with Crippen LogP contribution in [-0.4, -0.2) is 29.3 Å². The summed E-state index contributed by atoms with van der Waals surface area (Å²) in [6, 6.07) is 9.47. The maximum absolute atomic E-state index is 9.24. The number of hydrogen-bond acceptors (Lipinski definition) is 3. The first kappa shape index (κ1) is 24.9. The Hall–Kier alpha value is -1.12. The highest BCUT2D eigenvalue weighted by molar-refractivity contribution is 6.74. The van der Waals surface area contributed by atoms with Crippen LogP contribution < -0.4 is 0 Å². The lowest BCUT2D eigenvalue weighted by atomic mass is 10.0. The molecule has 1 aromatic rings. The third kappa shape index (κ3) is 6.46. The van der Waals surface area contributed by atoms with Crippen molar-refractivity contribution in [3.63, 3.8) is 0 Å². The smallest absolute Gasteiger partial charge is 0.192 e. The van der Waals surface area contributed by atoms with Crippen molar-refractivity contribution in [1.29, 1.82) is 0 Å². The van der Waals surface area contributed by atoms with Gasteiger partial charge in [0.25, 0.3) is 0 Å². The lowest BCUT2D eigenvalue weighted by Gasteiger charge is -2.43. The zero-order valence-corrected chi connectivity index (χ0v) is 21.4. The van der Waals surface area contributed by atoms with E-state index in [9.17, 15) is 5.53 Å². The Labute approximate surface area is 173 Å². The summed E-state index contributed by atoms with van der Waals surface area (Å²) in [7, 11) is -4.04. The van der Waals surface area contributed by atoms with Gasteiger partial charge < -0.3 is 8.85 Å². The molecule has 1 rings (SSSR count). The number of azide groups is 1. The normalized spacial score (nSPS) is 15.6. The van der Waals surface area contributed by atoms with Gasteiger partial charge in [0.2, 0.25) is 0 Å². The molecule has 0 heterocycles.